The Labute approximate surface area is 106 Å². The van der Waals surface area contributed by atoms with Crippen molar-refractivity contribution in [3.8, 4) is 0 Å². The lowest BCUT2D eigenvalue weighted by Gasteiger charge is -2.05. The van der Waals surface area contributed by atoms with Crippen molar-refractivity contribution in [1.29, 1.82) is 0 Å². The Balaban J connectivity index is 2.32. The normalized spacial score (nSPS) is 11.4. The topological polar surface area (TPSA) is 119 Å². The maximum Gasteiger partial charge on any atom is 0.256 e. The molecule has 1 rings (SSSR count). The first-order chi connectivity index (χ1) is 8.31. The van der Waals surface area contributed by atoms with Gasteiger partial charge in [-0.2, -0.15) is 5.10 Å². The molecule has 4 N–H and O–H groups in total. The van der Waals surface area contributed by atoms with Gasteiger partial charge in [0.2, 0.25) is 10.0 Å². The first kappa shape index (κ1) is 14.5. The predicted molar refractivity (Wildman–Crippen MR) is 67.4 cm³/mol. The van der Waals surface area contributed by atoms with Crippen LogP contribution in [0.5, 0.6) is 0 Å². The molecule has 8 nitrogen and oxygen atoms in total. The molecular weight excluding hydrogens is 258 g/mol. The number of anilines is 1. The molecule has 1 amide bonds. The van der Waals surface area contributed by atoms with Gasteiger partial charge in [-0.3, -0.25) is 9.48 Å². The molecule has 0 saturated heterocycles. The first-order valence-electron chi connectivity index (χ1n) is 5.31. The molecule has 1 heterocycles. The van der Waals surface area contributed by atoms with Crippen molar-refractivity contribution >= 4 is 21.7 Å². The highest BCUT2D eigenvalue weighted by Crippen LogP contribution is 2.08. The number of rotatable bonds is 6. The Morgan fingerprint density at radius 2 is 2.17 bits per heavy atom. The number of aryl methyl sites for hydroxylation is 1. The second kappa shape index (κ2) is 5.83. The minimum absolute atomic E-state index is 0.279. The summed E-state index contributed by atoms with van der Waals surface area (Å²) in [7, 11) is -1.54. The number of carbonyl (C=O) groups excluding carboxylic acids is 1. The van der Waals surface area contributed by atoms with Gasteiger partial charge in [0.15, 0.2) is 0 Å². The van der Waals surface area contributed by atoms with E-state index in [1.807, 2.05) is 0 Å². The van der Waals surface area contributed by atoms with Gasteiger partial charge >= 0.3 is 0 Å². The van der Waals surface area contributed by atoms with E-state index in [9.17, 15) is 13.2 Å². The number of hydrogen-bond donors (Lipinski definition) is 3. The zero-order valence-electron chi connectivity index (χ0n) is 10.3. The predicted octanol–water partition coefficient (Wildman–Crippen LogP) is -1.33. The van der Waals surface area contributed by atoms with Crippen molar-refractivity contribution in [3.63, 3.8) is 0 Å². The van der Waals surface area contributed by atoms with E-state index in [0.717, 1.165) is 6.26 Å². The molecule has 0 aromatic carbocycles. The van der Waals surface area contributed by atoms with Crippen LogP contribution in [-0.2, 0) is 17.1 Å². The molecule has 0 bridgehead atoms. The fourth-order valence-electron chi connectivity index (χ4n) is 1.27. The summed E-state index contributed by atoms with van der Waals surface area (Å²) in [6.45, 7) is 0.636. The number of aromatic nitrogens is 2. The molecule has 0 radical (unpaired) electrons. The monoisotopic (exact) mass is 275 g/mol. The van der Waals surface area contributed by atoms with E-state index in [4.69, 9.17) is 5.73 Å². The lowest BCUT2D eigenvalue weighted by molar-refractivity contribution is 0.0954. The van der Waals surface area contributed by atoms with Crippen molar-refractivity contribution in [2.24, 2.45) is 7.05 Å². The van der Waals surface area contributed by atoms with Gasteiger partial charge in [-0.1, -0.05) is 0 Å². The standard InChI is InChI=1S/C9H17N5O3S/c1-14-8(10)7(6-12-14)9(15)11-4-3-5-13-18(2,16)17/h6,13H,3-5,10H2,1-2H3,(H,11,15). The van der Waals surface area contributed by atoms with Gasteiger partial charge in [0, 0.05) is 20.1 Å². The second-order valence-electron chi connectivity index (χ2n) is 3.84. The van der Waals surface area contributed by atoms with Crippen molar-refractivity contribution in [2.45, 2.75) is 6.42 Å². The number of nitrogens with zero attached hydrogens (tertiary/aromatic N) is 2. The van der Waals surface area contributed by atoms with Crippen LogP contribution in [-0.4, -0.2) is 43.5 Å². The highest BCUT2D eigenvalue weighted by atomic mass is 32.2. The van der Waals surface area contributed by atoms with E-state index in [1.165, 1.54) is 10.9 Å². The van der Waals surface area contributed by atoms with Crippen molar-refractivity contribution < 1.29 is 13.2 Å². The largest absolute Gasteiger partial charge is 0.383 e. The van der Waals surface area contributed by atoms with E-state index in [2.05, 4.69) is 15.1 Å². The lowest BCUT2D eigenvalue weighted by atomic mass is 10.3. The van der Waals surface area contributed by atoms with Gasteiger partial charge in [-0.05, 0) is 6.42 Å². The number of nitrogens with one attached hydrogen (secondary N) is 2. The first-order valence-corrected chi connectivity index (χ1v) is 7.20. The summed E-state index contributed by atoms with van der Waals surface area (Å²) in [4.78, 5) is 11.7. The van der Waals surface area contributed by atoms with Crippen LogP contribution in [0.2, 0.25) is 0 Å². The maximum absolute atomic E-state index is 11.7. The van der Waals surface area contributed by atoms with Crippen LogP contribution < -0.4 is 15.8 Å². The molecule has 1 aromatic rings. The summed E-state index contributed by atoms with van der Waals surface area (Å²) in [5.41, 5.74) is 5.95. The van der Waals surface area contributed by atoms with Crippen LogP contribution in [0, 0.1) is 0 Å². The SMILES string of the molecule is Cn1ncc(C(=O)NCCCNS(C)(=O)=O)c1N. The van der Waals surface area contributed by atoms with Crippen LogP contribution in [0.4, 0.5) is 5.82 Å². The summed E-state index contributed by atoms with van der Waals surface area (Å²) in [6.07, 6.45) is 2.97. The van der Waals surface area contributed by atoms with Gasteiger partial charge in [-0.25, -0.2) is 13.1 Å². The molecule has 0 aliphatic carbocycles. The molecule has 18 heavy (non-hydrogen) atoms. The Kier molecular flexibility index (Phi) is 4.68. The average Bonchev–Trinajstić information content (AvgIpc) is 2.57. The molecule has 102 valence electrons. The molecular formula is C9H17N5O3S. The number of carbonyl (C=O) groups is 1. The molecule has 0 aliphatic heterocycles. The van der Waals surface area contributed by atoms with E-state index >= 15 is 0 Å². The zero-order chi connectivity index (χ0) is 13.8. The average molecular weight is 275 g/mol. The van der Waals surface area contributed by atoms with Gasteiger partial charge in [-0.15, -0.1) is 0 Å². The van der Waals surface area contributed by atoms with E-state index in [-0.39, 0.29) is 12.5 Å². The molecule has 1 aromatic heterocycles. The fraction of sp³-hybridized carbons (Fsp3) is 0.556. The van der Waals surface area contributed by atoms with Crippen molar-refractivity contribution in [1.82, 2.24) is 19.8 Å². The van der Waals surface area contributed by atoms with E-state index in [0.29, 0.717) is 24.3 Å². The molecule has 0 saturated carbocycles. The van der Waals surface area contributed by atoms with Gasteiger partial charge in [0.1, 0.15) is 11.4 Å². The van der Waals surface area contributed by atoms with E-state index in [1.54, 1.807) is 7.05 Å². The number of hydrogen-bond acceptors (Lipinski definition) is 5. The summed E-state index contributed by atoms with van der Waals surface area (Å²) < 4.78 is 25.3. The van der Waals surface area contributed by atoms with Crippen LogP contribution in [0.25, 0.3) is 0 Å². The van der Waals surface area contributed by atoms with Crippen LogP contribution in [0.15, 0.2) is 6.20 Å². The van der Waals surface area contributed by atoms with Crippen LogP contribution in [0.1, 0.15) is 16.8 Å². The minimum Gasteiger partial charge on any atom is -0.383 e. The third kappa shape index (κ3) is 4.34. The van der Waals surface area contributed by atoms with Crippen LogP contribution >= 0.6 is 0 Å². The van der Waals surface area contributed by atoms with Crippen LogP contribution in [0.3, 0.4) is 0 Å². The summed E-state index contributed by atoms with van der Waals surface area (Å²) in [5.74, 6) is -0.0262. The molecule has 0 unspecified atom stereocenters. The molecule has 0 fully saturated rings. The second-order valence-corrected chi connectivity index (χ2v) is 5.68. The third-order valence-electron chi connectivity index (χ3n) is 2.23. The van der Waals surface area contributed by atoms with E-state index < -0.39 is 10.0 Å². The fourth-order valence-corrected chi connectivity index (χ4v) is 1.78. The highest BCUT2D eigenvalue weighted by Gasteiger charge is 2.12. The Morgan fingerprint density at radius 3 is 2.67 bits per heavy atom. The Bertz CT molecular complexity index is 522. The van der Waals surface area contributed by atoms with Crippen molar-refractivity contribution in [3.05, 3.63) is 11.8 Å². The Morgan fingerprint density at radius 1 is 1.50 bits per heavy atom. The van der Waals surface area contributed by atoms with Crippen molar-refractivity contribution in [2.75, 3.05) is 25.1 Å². The molecule has 0 spiro atoms. The zero-order valence-corrected chi connectivity index (χ0v) is 11.1. The summed E-state index contributed by atoms with van der Waals surface area (Å²) in [6, 6.07) is 0. The summed E-state index contributed by atoms with van der Waals surface area (Å²) >= 11 is 0. The number of nitrogens with two attached hydrogens (primary N) is 1. The van der Waals surface area contributed by atoms with Gasteiger partial charge < -0.3 is 11.1 Å². The Hall–Kier alpha value is -1.61. The molecule has 0 aliphatic rings. The van der Waals surface area contributed by atoms with Gasteiger partial charge in [0.05, 0.1) is 12.5 Å². The number of sulfonamides is 1. The highest BCUT2D eigenvalue weighted by molar-refractivity contribution is 7.88. The smallest absolute Gasteiger partial charge is 0.256 e. The number of nitrogen functional groups attached to an aromatic ring is 1. The number of amides is 1. The summed E-state index contributed by atoms with van der Waals surface area (Å²) in [5, 5.41) is 6.49. The molecule has 0 atom stereocenters. The third-order valence-corrected chi connectivity index (χ3v) is 2.96. The molecule has 9 heteroatoms. The van der Waals surface area contributed by atoms with Gasteiger partial charge in [0.25, 0.3) is 5.91 Å². The lowest BCUT2D eigenvalue weighted by Crippen LogP contribution is -2.29. The maximum atomic E-state index is 11.7. The minimum atomic E-state index is -3.18. The quantitative estimate of drug-likeness (QED) is 0.556.